The van der Waals surface area contributed by atoms with Gasteiger partial charge in [0.1, 0.15) is 0 Å². The Hall–Kier alpha value is -1.49. The minimum Gasteiger partial charge on any atom is -0.469 e. The molecule has 1 aromatic carbocycles. The van der Waals surface area contributed by atoms with Gasteiger partial charge in [-0.15, -0.1) is 0 Å². The first-order chi connectivity index (χ1) is 8.52. The number of hydrogen-bond donors (Lipinski definition) is 0. The third-order valence-electron chi connectivity index (χ3n) is 2.57. The van der Waals surface area contributed by atoms with E-state index < -0.39 is 6.43 Å². The Balaban J connectivity index is 2.72. The quantitative estimate of drug-likeness (QED) is 0.731. The molecular weight excluding hydrogens is 240 g/mol. The number of benzene rings is 1. The molecule has 0 aromatic heterocycles. The monoisotopic (exact) mass is 257 g/mol. The highest BCUT2D eigenvalue weighted by molar-refractivity contribution is 5.72. The van der Waals surface area contributed by atoms with Crippen LogP contribution in [0.15, 0.2) is 24.3 Å². The summed E-state index contributed by atoms with van der Waals surface area (Å²) in [5.41, 5.74) is 1.68. The lowest BCUT2D eigenvalue weighted by atomic mass is 10.0. The maximum Gasteiger partial charge on any atom is 0.309 e. The van der Waals surface area contributed by atoms with Gasteiger partial charge in [-0.1, -0.05) is 24.3 Å². The van der Waals surface area contributed by atoms with Crippen molar-refractivity contribution in [3.63, 3.8) is 0 Å². The standard InChI is InChI=1S/C13H17F2NO2/c1-16(9-12(14)15)8-11-6-4-3-5-10(11)7-13(17)18-2/h3-6,12H,7-9H2,1-2H3. The van der Waals surface area contributed by atoms with Crippen molar-refractivity contribution in [3.05, 3.63) is 35.4 Å². The summed E-state index contributed by atoms with van der Waals surface area (Å²) in [6.07, 6.45) is -2.20. The third-order valence-corrected chi connectivity index (χ3v) is 2.57. The maximum atomic E-state index is 12.2. The van der Waals surface area contributed by atoms with Crippen LogP contribution in [0.4, 0.5) is 8.78 Å². The van der Waals surface area contributed by atoms with Crippen LogP contribution in [0.25, 0.3) is 0 Å². The lowest BCUT2D eigenvalue weighted by Gasteiger charge is -2.18. The van der Waals surface area contributed by atoms with Crippen LogP contribution in [0.2, 0.25) is 0 Å². The Bertz CT molecular complexity index is 396. The second kappa shape index (κ2) is 7.06. The van der Waals surface area contributed by atoms with Crippen LogP contribution in [0.5, 0.6) is 0 Å². The maximum absolute atomic E-state index is 12.2. The predicted molar refractivity (Wildman–Crippen MR) is 64.5 cm³/mol. The minimum absolute atomic E-state index is 0.162. The van der Waals surface area contributed by atoms with E-state index in [1.54, 1.807) is 7.05 Å². The van der Waals surface area contributed by atoms with E-state index in [9.17, 15) is 13.6 Å². The van der Waals surface area contributed by atoms with Gasteiger partial charge in [0.2, 0.25) is 0 Å². The van der Waals surface area contributed by atoms with Crippen molar-refractivity contribution < 1.29 is 18.3 Å². The minimum atomic E-state index is -2.36. The van der Waals surface area contributed by atoms with Crippen molar-refractivity contribution in [2.45, 2.75) is 19.4 Å². The molecule has 0 spiro atoms. The van der Waals surface area contributed by atoms with E-state index >= 15 is 0 Å². The van der Waals surface area contributed by atoms with E-state index in [1.807, 2.05) is 24.3 Å². The fraction of sp³-hybridized carbons (Fsp3) is 0.462. The molecule has 0 saturated carbocycles. The molecule has 0 atom stereocenters. The highest BCUT2D eigenvalue weighted by Gasteiger charge is 2.12. The number of halogens is 2. The predicted octanol–water partition coefficient (Wildman–Crippen LogP) is 2.10. The highest BCUT2D eigenvalue weighted by Crippen LogP contribution is 2.13. The molecule has 100 valence electrons. The Morgan fingerprint density at radius 1 is 1.33 bits per heavy atom. The average Bonchev–Trinajstić information content (AvgIpc) is 2.30. The number of rotatable bonds is 6. The van der Waals surface area contributed by atoms with Crippen molar-refractivity contribution in [1.29, 1.82) is 0 Å². The second-order valence-corrected chi connectivity index (χ2v) is 4.11. The van der Waals surface area contributed by atoms with Crippen LogP contribution in [-0.4, -0.2) is 38.0 Å². The summed E-state index contributed by atoms with van der Waals surface area (Å²) >= 11 is 0. The molecule has 18 heavy (non-hydrogen) atoms. The molecule has 0 fully saturated rings. The summed E-state index contributed by atoms with van der Waals surface area (Å²) in [7, 11) is 2.95. The van der Waals surface area contributed by atoms with Crippen LogP contribution >= 0.6 is 0 Å². The third kappa shape index (κ3) is 4.79. The summed E-state index contributed by atoms with van der Waals surface area (Å²) in [4.78, 5) is 12.8. The largest absolute Gasteiger partial charge is 0.469 e. The molecule has 0 saturated heterocycles. The van der Waals surface area contributed by atoms with Gasteiger partial charge >= 0.3 is 5.97 Å². The van der Waals surface area contributed by atoms with Gasteiger partial charge in [-0.3, -0.25) is 9.69 Å². The molecule has 1 aromatic rings. The van der Waals surface area contributed by atoms with Gasteiger partial charge in [0.25, 0.3) is 6.43 Å². The number of alkyl halides is 2. The van der Waals surface area contributed by atoms with Crippen molar-refractivity contribution >= 4 is 5.97 Å². The normalized spacial score (nSPS) is 11.0. The molecule has 0 radical (unpaired) electrons. The fourth-order valence-electron chi connectivity index (χ4n) is 1.70. The molecule has 0 unspecified atom stereocenters. The highest BCUT2D eigenvalue weighted by atomic mass is 19.3. The van der Waals surface area contributed by atoms with Crippen LogP contribution in [0.3, 0.4) is 0 Å². The Morgan fingerprint density at radius 3 is 2.50 bits per heavy atom. The first kappa shape index (κ1) is 14.6. The van der Waals surface area contributed by atoms with E-state index in [2.05, 4.69) is 4.74 Å². The van der Waals surface area contributed by atoms with Gasteiger partial charge in [0.05, 0.1) is 20.1 Å². The van der Waals surface area contributed by atoms with Gasteiger partial charge in [-0.05, 0) is 18.2 Å². The number of hydrogen-bond acceptors (Lipinski definition) is 3. The van der Waals surface area contributed by atoms with Crippen molar-refractivity contribution in [2.24, 2.45) is 0 Å². The summed E-state index contributed by atoms with van der Waals surface area (Å²) in [6, 6.07) is 7.28. The Morgan fingerprint density at radius 2 is 1.94 bits per heavy atom. The summed E-state index contributed by atoms with van der Waals surface area (Å²) in [5, 5.41) is 0. The van der Waals surface area contributed by atoms with Crippen LogP contribution in [0.1, 0.15) is 11.1 Å². The van der Waals surface area contributed by atoms with E-state index in [1.165, 1.54) is 12.0 Å². The lowest BCUT2D eigenvalue weighted by molar-refractivity contribution is -0.139. The number of nitrogens with zero attached hydrogens (tertiary/aromatic N) is 1. The van der Waals surface area contributed by atoms with E-state index in [0.717, 1.165) is 11.1 Å². The molecule has 0 aliphatic carbocycles. The van der Waals surface area contributed by atoms with E-state index in [4.69, 9.17) is 0 Å². The van der Waals surface area contributed by atoms with Crippen LogP contribution < -0.4 is 0 Å². The molecule has 0 bridgehead atoms. The fourth-order valence-corrected chi connectivity index (χ4v) is 1.70. The number of carbonyl (C=O) groups excluding carboxylic acids is 1. The zero-order valence-electron chi connectivity index (χ0n) is 10.5. The first-order valence-corrected chi connectivity index (χ1v) is 5.63. The van der Waals surface area contributed by atoms with Gasteiger partial charge in [0.15, 0.2) is 0 Å². The Kier molecular flexibility index (Phi) is 5.71. The van der Waals surface area contributed by atoms with E-state index in [0.29, 0.717) is 6.54 Å². The number of ether oxygens (including phenoxy) is 1. The van der Waals surface area contributed by atoms with Gasteiger partial charge in [-0.25, -0.2) is 8.78 Å². The molecule has 0 aliphatic rings. The van der Waals surface area contributed by atoms with Crippen molar-refractivity contribution in [2.75, 3.05) is 20.7 Å². The zero-order chi connectivity index (χ0) is 13.5. The summed E-state index contributed by atoms with van der Waals surface area (Å²) in [5.74, 6) is -0.334. The zero-order valence-corrected chi connectivity index (χ0v) is 10.5. The molecule has 0 N–H and O–H groups in total. The number of esters is 1. The number of methoxy groups -OCH3 is 1. The summed E-state index contributed by atoms with van der Waals surface area (Å²) < 4.78 is 29.1. The summed E-state index contributed by atoms with van der Waals surface area (Å²) in [6.45, 7) is 0.101. The Labute approximate surface area is 105 Å². The van der Waals surface area contributed by atoms with Gasteiger partial charge in [0, 0.05) is 6.54 Å². The smallest absolute Gasteiger partial charge is 0.309 e. The van der Waals surface area contributed by atoms with Gasteiger partial charge < -0.3 is 4.74 Å². The van der Waals surface area contributed by atoms with Crippen LogP contribution in [0, 0.1) is 0 Å². The molecular formula is C13H17F2NO2. The molecule has 0 aliphatic heterocycles. The van der Waals surface area contributed by atoms with Crippen molar-refractivity contribution in [3.8, 4) is 0 Å². The SMILES string of the molecule is COC(=O)Cc1ccccc1CN(C)CC(F)F. The molecule has 0 heterocycles. The lowest BCUT2D eigenvalue weighted by Crippen LogP contribution is -2.24. The molecule has 1 rings (SSSR count). The van der Waals surface area contributed by atoms with Crippen LogP contribution in [-0.2, 0) is 22.5 Å². The van der Waals surface area contributed by atoms with E-state index in [-0.39, 0.29) is 18.9 Å². The number of carbonyl (C=O) groups is 1. The topological polar surface area (TPSA) is 29.5 Å². The first-order valence-electron chi connectivity index (χ1n) is 5.63. The average molecular weight is 257 g/mol. The molecule has 5 heteroatoms. The molecule has 3 nitrogen and oxygen atoms in total. The van der Waals surface area contributed by atoms with Crippen molar-refractivity contribution in [1.82, 2.24) is 4.90 Å². The molecule has 0 amide bonds. The second-order valence-electron chi connectivity index (χ2n) is 4.11. The van der Waals surface area contributed by atoms with Gasteiger partial charge in [-0.2, -0.15) is 0 Å².